The molecule has 114 valence electrons. The van der Waals surface area contributed by atoms with Crippen LogP contribution in [0.1, 0.15) is 30.5 Å². The Bertz CT molecular complexity index is 407. The van der Waals surface area contributed by atoms with Crippen LogP contribution >= 0.6 is 0 Å². The number of rotatable bonds is 8. The third-order valence-corrected chi connectivity index (χ3v) is 3.59. The molecule has 0 aliphatic heterocycles. The van der Waals surface area contributed by atoms with Crippen LogP contribution in [0.2, 0.25) is 0 Å². The van der Waals surface area contributed by atoms with Gasteiger partial charge < -0.3 is 10.6 Å². The summed E-state index contributed by atoms with van der Waals surface area (Å²) < 4.78 is 13.8. The van der Waals surface area contributed by atoms with Gasteiger partial charge in [-0.3, -0.25) is 4.90 Å². The van der Waals surface area contributed by atoms with Gasteiger partial charge in [0.15, 0.2) is 0 Å². The van der Waals surface area contributed by atoms with Gasteiger partial charge in [0.05, 0.1) is 0 Å². The Kier molecular flexibility index (Phi) is 7.13. The molecule has 0 aliphatic rings. The van der Waals surface area contributed by atoms with Crippen LogP contribution in [0.3, 0.4) is 0 Å². The number of aryl methyl sites for hydroxylation is 1. The van der Waals surface area contributed by atoms with E-state index in [1.165, 1.54) is 0 Å². The van der Waals surface area contributed by atoms with Crippen LogP contribution in [0.4, 0.5) is 4.39 Å². The highest BCUT2D eigenvalue weighted by atomic mass is 19.1. The van der Waals surface area contributed by atoms with Crippen LogP contribution in [0, 0.1) is 12.7 Å². The van der Waals surface area contributed by atoms with E-state index in [9.17, 15) is 4.39 Å². The van der Waals surface area contributed by atoms with Crippen molar-refractivity contribution in [2.75, 3.05) is 40.3 Å². The van der Waals surface area contributed by atoms with Gasteiger partial charge in [0, 0.05) is 25.7 Å². The summed E-state index contributed by atoms with van der Waals surface area (Å²) in [4.78, 5) is 4.51. The summed E-state index contributed by atoms with van der Waals surface area (Å²) in [7, 11) is 4.13. The molecule has 0 amide bonds. The minimum atomic E-state index is -0.148. The molecular weight excluding hydrogens is 253 g/mol. The lowest BCUT2D eigenvalue weighted by atomic mass is 10.0. The number of nitrogens with zero attached hydrogens (tertiary/aromatic N) is 2. The van der Waals surface area contributed by atoms with Gasteiger partial charge in [0.2, 0.25) is 0 Å². The van der Waals surface area contributed by atoms with Crippen molar-refractivity contribution < 1.29 is 4.39 Å². The third-order valence-electron chi connectivity index (χ3n) is 3.59. The van der Waals surface area contributed by atoms with Crippen molar-refractivity contribution >= 4 is 0 Å². The van der Waals surface area contributed by atoms with Gasteiger partial charge in [-0.1, -0.05) is 19.1 Å². The van der Waals surface area contributed by atoms with Gasteiger partial charge in [0.1, 0.15) is 5.82 Å². The fourth-order valence-electron chi connectivity index (χ4n) is 2.35. The van der Waals surface area contributed by atoms with E-state index in [4.69, 9.17) is 5.73 Å². The number of nitrogens with two attached hydrogens (primary N) is 1. The maximum absolute atomic E-state index is 13.8. The Labute approximate surface area is 122 Å². The minimum absolute atomic E-state index is 0.0880. The molecule has 20 heavy (non-hydrogen) atoms. The van der Waals surface area contributed by atoms with Crippen molar-refractivity contribution in [1.82, 2.24) is 9.80 Å². The van der Waals surface area contributed by atoms with Crippen LogP contribution in [0.25, 0.3) is 0 Å². The number of benzene rings is 1. The molecule has 1 atom stereocenters. The topological polar surface area (TPSA) is 32.5 Å². The zero-order valence-electron chi connectivity index (χ0n) is 13.2. The molecule has 0 bridgehead atoms. The zero-order chi connectivity index (χ0) is 15.1. The molecule has 0 fully saturated rings. The Morgan fingerprint density at radius 1 is 1.20 bits per heavy atom. The molecule has 1 aromatic carbocycles. The highest BCUT2D eigenvalue weighted by molar-refractivity contribution is 5.26. The summed E-state index contributed by atoms with van der Waals surface area (Å²) in [5.41, 5.74) is 7.61. The van der Waals surface area contributed by atoms with E-state index in [-0.39, 0.29) is 11.9 Å². The summed E-state index contributed by atoms with van der Waals surface area (Å²) in [5.74, 6) is -0.148. The second kappa shape index (κ2) is 8.35. The van der Waals surface area contributed by atoms with Crippen molar-refractivity contribution in [3.63, 3.8) is 0 Å². The van der Waals surface area contributed by atoms with E-state index >= 15 is 0 Å². The lowest BCUT2D eigenvalue weighted by Crippen LogP contribution is -2.38. The van der Waals surface area contributed by atoms with Crippen molar-refractivity contribution in [2.45, 2.75) is 26.3 Å². The molecule has 1 aromatic rings. The number of hydrogen-bond acceptors (Lipinski definition) is 3. The Morgan fingerprint density at radius 3 is 2.40 bits per heavy atom. The normalized spacial score (nSPS) is 13.2. The van der Waals surface area contributed by atoms with E-state index in [1.54, 1.807) is 13.0 Å². The minimum Gasteiger partial charge on any atom is -0.329 e. The first-order valence-corrected chi connectivity index (χ1v) is 7.34. The van der Waals surface area contributed by atoms with Gasteiger partial charge in [0.25, 0.3) is 0 Å². The summed E-state index contributed by atoms with van der Waals surface area (Å²) in [6, 6.07) is 5.55. The number of hydrogen-bond donors (Lipinski definition) is 1. The summed E-state index contributed by atoms with van der Waals surface area (Å²) in [5, 5.41) is 0. The average Bonchev–Trinajstić information content (AvgIpc) is 2.40. The average molecular weight is 281 g/mol. The summed E-state index contributed by atoms with van der Waals surface area (Å²) in [6.07, 6.45) is 1.07. The smallest absolute Gasteiger partial charge is 0.126 e. The molecule has 1 unspecified atom stereocenters. The van der Waals surface area contributed by atoms with Crippen molar-refractivity contribution in [3.8, 4) is 0 Å². The first-order chi connectivity index (χ1) is 9.49. The molecule has 3 nitrogen and oxygen atoms in total. The van der Waals surface area contributed by atoms with E-state index < -0.39 is 0 Å². The lowest BCUT2D eigenvalue weighted by Gasteiger charge is -2.32. The first-order valence-electron chi connectivity index (χ1n) is 7.34. The lowest BCUT2D eigenvalue weighted by molar-refractivity contribution is 0.182. The molecule has 0 radical (unpaired) electrons. The van der Waals surface area contributed by atoms with Crippen LogP contribution in [-0.2, 0) is 0 Å². The maximum Gasteiger partial charge on any atom is 0.126 e. The van der Waals surface area contributed by atoms with Gasteiger partial charge in [-0.25, -0.2) is 4.39 Å². The molecule has 0 saturated carbocycles. The zero-order valence-corrected chi connectivity index (χ0v) is 13.2. The standard InChI is InChI=1S/C16H28FN3/c1-5-8-20(10-9-19(3)4)16(12-18)14-7-6-13(2)15(17)11-14/h6-7,11,16H,5,8-10,12,18H2,1-4H3. The molecule has 0 aliphatic carbocycles. The van der Waals surface area contributed by atoms with Crippen LogP contribution in [-0.4, -0.2) is 50.1 Å². The van der Waals surface area contributed by atoms with Gasteiger partial charge in [-0.15, -0.1) is 0 Å². The van der Waals surface area contributed by atoms with Gasteiger partial charge in [-0.05, 0) is 51.2 Å². The van der Waals surface area contributed by atoms with Gasteiger partial charge in [-0.2, -0.15) is 0 Å². The highest BCUT2D eigenvalue weighted by Crippen LogP contribution is 2.22. The van der Waals surface area contributed by atoms with Gasteiger partial charge >= 0.3 is 0 Å². The van der Waals surface area contributed by atoms with E-state index in [1.807, 2.05) is 12.1 Å². The largest absolute Gasteiger partial charge is 0.329 e. The predicted octanol–water partition coefficient (Wildman–Crippen LogP) is 2.41. The molecule has 1 rings (SSSR count). The Balaban J connectivity index is 2.90. The highest BCUT2D eigenvalue weighted by Gasteiger charge is 2.19. The number of halogens is 1. The maximum atomic E-state index is 13.8. The molecule has 4 heteroatoms. The second-order valence-electron chi connectivity index (χ2n) is 5.60. The fraction of sp³-hybridized carbons (Fsp3) is 0.625. The fourth-order valence-corrected chi connectivity index (χ4v) is 2.35. The van der Waals surface area contributed by atoms with E-state index in [0.29, 0.717) is 12.1 Å². The predicted molar refractivity (Wildman–Crippen MR) is 83.4 cm³/mol. The molecule has 0 aromatic heterocycles. The third kappa shape index (κ3) is 4.85. The monoisotopic (exact) mass is 281 g/mol. The van der Waals surface area contributed by atoms with E-state index in [0.717, 1.165) is 31.6 Å². The van der Waals surface area contributed by atoms with E-state index in [2.05, 4.69) is 30.8 Å². The van der Waals surface area contributed by atoms with Crippen LogP contribution in [0.5, 0.6) is 0 Å². The Hall–Kier alpha value is -0.970. The Morgan fingerprint density at radius 2 is 1.90 bits per heavy atom. The SMILES string of the molecule is CCCN(CCN(C)C)C(CN)c1ccc(C)c(F)c1. The van der Waals surface area contributed by atoms with Crippen LogP contribution in [0.15, 0.2) is 18.2 Å². The quantitative estimate of drug-likeness (QED) is 0.794. The second-order valence-corrected chi connectivity index (χ2v) is 5.60. The van der Waals surface area contributed by atoms with Crippen molar-refractivity contribution in [2.24, 2.45) is 5.73 Å². The summed E-state index contributed by atoms with van der Waals surface area (Å²) >= 11 is 0. The number of likely N-dealkylation sites (N-methyl/N-ethyl adjacent to an activating group) is 1. The van der Waals surface area contributed by atoms with Crippen molar-refractivity contribution in [1.29, 1.82) is 0 Å². The molecular formula is C16H28FN3. The van der Waals surface area contributed by atoms with Crippen molar-refractivity contribution in [3.05, 3.63) is 35.1 Å². The molecule has 0 heterocycles. The van der Waals surface area contributed by atoms with Crippen LogP contribution < -0.4 is 5.73 Å². The summed E-state index contributed by atoms with van der Waals surface area (Å²) in [6.45, 7) is 7.35. The molecule has 0 saturated heterocycles. The first kappa shape index (κ1) is 17.1. The molecule has 2 N–H and O–H groups in total. The molecule has 0 spiro atoms.